The number of nitrogens with zero attached hydrogens (tertiary/aromatic N) is 1. The second kappa shape index (κ2) is 5.28. The third-order valence-electron chi connectivity index (χ3n) is 2.40. The molecule has 0 radical (unpaired) electrons. The zero-order valence-electron chi connectivity index (χ0n) is 9.01. The standard InChI is InChI=1S/C13H15N3/c14-12(11-6-2-1-3-7-11)10-16-13-8-4-5-9-15-13/h1-9,12H,10,14H2,(H,15,16)/t12-/m0/s1. The first-order valence-corrected chi connectivity index (χ1v) is 5.31. The van der Waals surface area contributed by atoms with Crippen molar-refractivity contribution < 1.29 is 0 Å². The summed E-state index contributed by atoms with van der Waals surface area (Å²) in [6, 6.07) is 15.8. The van der Waals surface area contributed by atoms with Gasteiger partial charge >= 0.3 is 0 Å². The van der Waals surface area contributed by atoms with Crippen molar-refractivity contribution in [1.82, 2.24) is 4.98 Å². The molecule has 3 N–H and O–H groups in total. The van der Waals surface area contributed by atoms with Gasteiger partial charge in [-0.1, -0.05) is 36.4 Å². The molecule has 3 heteroatoms. The van der Waals surface area contributed by atoms with E-state index in [9.17, 15) is 0 Å². The minimum absolute atomic E-state index is 0.0109. The summed E-state index contributed by atoms with van der Waals surface area (Å²) in [6.07, 6.45) is 1.76. The summed E-state index contributed by atoms with van der Waals surface area (Å²) in [6.45, 7) is 0.682. The fourth-order valence-electron chi connectivity index (χ4n) is 1.50. The van der Waals surface area contributed by atoms with Gasteiger partial charge < -0.3 is 11.1 Å². The number of hydrogen-bond acceptors (Lipinski definition) is 3. The van der Waals surface area contributed by atoms with Gasteiger partial charge in [0.05, 0.1) is 0 Å². The maximum atomic E-state index is 6.05. The number of nitrogens with one attached hydrogen (secondary N) is 1. The van der Waals surface area contributed by atoms with Crippen LogP contribution in [-0.2, 0) is 0 Å². The van der Waals surface area contributed by atoms with Crippen molar-refractivity contribution in [2.75, 3.05) is 11.9 Å². The topological polar surface area (TPSA) is 50.9 Å². The van der Waals surface area contributed by atoms with Crippen molar-refractivity contribution in [3.63, 3.8) is 0 Å². The van der Waals surface area contributed by atoms with Gasteiger partial charge in [0.15, 0.2) is 0 Å². The summed E-state index contributed by atoms with van der Waals surface area (Å²) in [5, 5.41) is 3.21. The van der Waals surface area contributed by atoms with E-state index in [-0.39, 0.29) is 6.04 Å². The highest BCUT2D eigenvalue weighted by molar-refractivity contribution is 5.34. The second-order valence-corrected chi connectivity index (χ2v) is 3.61. The van der Waals surface area contributed by atoms with Gasteiger partial charge in [-0.25, -0.2) is 4.98 Å². The Labute approximate surface area is 95.3 Å². The van der Waals surface area contributed by atoms with E-state index >= 15 is 0 Å². The monoisotopic (exact) mass is 213 g/mol. The average Bonchev–Trinajstić information content (AvgIpc) is 2.38. The molecular formula is C13H15N3. The lowest BCUT2D eigenvalue weighted by Gasteiger charge is -2.13. The molecule has 1 heterocycles. The van der Waals surface area contributed by atoms with Gasteiger partial charge in [0, 0.05) is 18.8 Å². The normalized spacial score (nSPS) is 12.1. The summed E-state index contributed by atoms with van der Waals surface area (Å²) < 4.78 is 0. The molecule has 0 saturated carbocycles. The average molecular weight is 213 g/mol. The quantitative estimate of drug-likeness (QED) is 0.818. The van der Waals surface area contributed by atoms with Gasteiger partial charge in [-0.3, -0.25) is 0 Å². The van der Waals surface area contributed by atoms with Crippen LogP contribution in [-0.4, -0.2) is 11.5 Å². The molecule has 16 heavy (non-hydrogen) atoms. The number of hydrogen-bond donors (Lipinski definition) is 2. The minimum Gasteiger partial charge on any atom is -0.368 e. The Morgan fingerprint density at radius 1 is 1.06 bits per heavy atom. The molecule has 0 fully saturated rings. The summed E-state index contributed by atoms with van der Waals surface area (Å²) in [5.74, 6) is 0.855. The maximum absolute atomic E-state index is 6.05. The highest BCUT2D eigenvalue weighted by Crippen LogP contribution is 2.10. The lowest BCUT2D eigenvalue weighted by molar-refractivity contribution is 0.762. The summed E-state index contributed by atoms with van der Waals surface area (Å²) in [7, 11) is 0. The van der Waals surface area contributed by atoms with Crippen LogP contribution in [0.5, 0.6) is 0 Å². The van der Waals surface area contributed by atoms with E-state index in [0.717, 1.165) is 11.4 Å². The Morgan fingerprint density at radius 2 is 1.81 bits per heavy atom. The van der Waals surface area contributed by atoms with Gasteiger partial charge in [-0.2, -0.15) is 0 Å². The Morgan fingerprint density at radius 3 is 2.50 bits per heavy atom. The molecule has 0 aliphatic rings. The van der Waals surface area contributed by atoms with Gasteiger partial charge in [-0.15, -0.1) is 0 Å². The maximum Gasteiger partial charge on any atom is 0.125 e. The van der Waals surface area contributed by atoms with Gasteiger partial charge in [0.1, 0.15) is 5.82 Å². The zero-order valence-corrected chi connectivity index (χ0v) is 9.01. The zero-order chi connectivity index (χ0) is 11.2. The first-order valence-electron chi connectivity index (χ1n) is 5.31. The molecular weight excluding hydrogens is 198 g/mol. The Kier molecular flexibility index (Phi) is 3.51. The molecule has 0 unspecified atom stereocenters. The highest BCUT2D eigenvalue weighted by atomic mass is 15.0. The third kappa shape index (κ3) is 2.81. The van der Waals surface area contributed by atoms with Crippen LogP contribution in [0.2, 0.25) is 0 Å². The number of pyridine rings is 1. The van der Waals surface area contributed by atoms with Crippen molar-refractivity contribution >= 4 is 5.82 Å². The highest BCUT2D eigenvalue weighted by Gasteiger charge is 2.04. The molecule has 0 aliphatic carbocycles. The molecule has 1 aromatic carbocycles. The number of rotatable bonds is 4. The van der Waals surface area contributed by atoms with E-state index in [4.69, 9.17) is 5.73 Å². The molecule has 2 rings (SSSR count). The molecule has 0 aliphatic heterocycles. The van der Waals surface area contributed by atoms with Crippen molar-refractivity contribution in [2.24, 2.45) is 5.73 Å². The summed E-state index contributed by atoms with van der Waals surface area (Å²) >= 11 is 0. The smallest absolute Gasteiger partial charge is 0.125 e. The van der Waals surface area contributed by atoms with E-state index in [0.29, 0.717) is 6.54 Å². The SMILES string of the molecule is N[C@@H](CNc1ccccn1)c1ccccc1. The van der Waals surface area contributed by atoms with Crippen molar-refractivity contribution in [2.45, 2.75) is 6.04 Å². The van der Waals surface area contributed by atoms with Gasteiger partial charge in [0.25, 0.3) is 0 Å². The number of aromatic nitrogens is 1. The van der Waals surface area contributed by atoms with Gasteiger partial charge in [0.2, 0.25) is 0 Å². The fourth-order valence-corrected chi connectivity index (χ4v) is 1.50. The van der Waals surface area contributed by atoms with Crippen LogP contribution < -0.4 is 11.1 Å². The van der Waals surface area contributed by atoms with Crippen LogP contribution >= 0.6 is 0 Å². The first-order chi connectivity index (χ1) is 7.86. The van der Waals surface area contributed by atoms with Crippen molar-refractivity contribution in [3.05, 3.63) is 60.3 Å². The molecule has 1 aromatic heterocycles. The predicted octanol–water partition coefficient (Wildman–Crippen LogP) is 2.19. The summed E-state index contributed by atoms with van der Waals surface area (Å²) in [5.41, 5.74) is 7.18. The van der Waals surface area contributed by atoms with E-state index in [1.54, 1.807) is 6.20 Å². The first kappa shape index (κ1) is 10.6. The molecule has 0 bridgehead atoms. The largest absolute Gasteiger partial charge is 0.368 e. The minimum atomic E-state index is -0.0109. The van der Waals surface area contributed by atoms with E-state index in [1.165, 1.54) is 0 Å². The molecule has 82 valence electrons. The van der Waals surface area contributed by atoms with E-state index in [2.05, 4.69) is 10.3 Å². The number of nitrogens with two attached hydrogens (primary N) is 1. The lowest BCUT2D eigenvalue weighted by atomic mass is 10.1. The van der Waals surface area contributed by atoms with Crippen molar-refractivity contribution in [3.8, 4) is 0 Å². The van der Waals surface area contributed by atoms with E-state index in [1.807, 2.05) is 48.5 Å². The van der Waals surface area contributed by atoms with Crippen LogP contribution in [0, 0.1) is 0 Å². The lowest BCUT2D eigenvalue weighted by Crippen LogP contribution is -2.20. The van der Waals surface area contributed by atoms with E-state index < -0.39 is 0 Å². The Hall–Kier alpha value is -1.87. The second-order valence-electron chi connectivity index (χ2n) is 3.61. The third-order valence-corrected chi connectivity index (χ3v) is 2.40. The molecule has 1 atom stereocenters. The van der Waals surface area contributed by atoms with Crippen LogP contribution in [0.15, 0.2) is 54.7 Å². The molecule has 2 aromatic rings. The number of benzene rings is 1. The van der Waals surface area contributed by atoms with Crippen LogP contribution in [0.1, 0.15) is 11.6 Å². The Balaban J connectivity index is 1.92. The molecule has 0 saturated heterocycles. The van der Waals surface area contributed by atoms with Crippen LogP contribution in [0.3, 0.4) is 0 Å². The summed E-state index contributed by atoms with van der Waals surface area (Å²) in [4.78, 5) is 4.18. The predicted molar refractivity (Wildman–Crippen MR) is 66.1 cm³/mol. The number of anilines is 1. The van der Waals surface area contributed by atoms with Crippen molar-refractivity contribution in [1.29, 1.82) is 0 Å². The molecule has 0 spiro atoms. The van der Waals surface area contributed by atoms with Crippen LogP contribution in [0.25, 0.3) is 0 Å². The Bertz CT molecular complexity index is 414. The molecule has 3 nitrogen and oxygen atoms in total. The van der Waals surface area contributed by atoms with Gasteiger partial charge in [-0.05, 0) is 17.7 Å². The fraction of sp³-hybridized carbons (Fsp3) is 0.154. The van der Waals surface area contributed by atoms with Crippen LogP contribution in [0.4, 0.5) is 5.82 Å². The molecule has 0 amide bonds.